The number of carbonyl (C=O) groups excluding carboxylic acids is 1. The van der Waals surface area contributed by atoms with Gasteiger partial charge in [0.15, 0.2) is 0 Å². The van der Waals surface area contributed by atoms with Crippen molar-refractivity contribution in [1.29, 1.82) is 0 Å². The van der Waals surface area contributed by atoms with Crippen LogP contribution in [0, 0.1) is 6.92 Å². The molecule has 1 amide bonds. The maximum absolute atomic E-state index is 13.6. The van der Waals surface area contributed by atoms with Gasteiger partial charge in [-0.1, -0.05) is 60.9 Å². The number of hydrogen-bond acceptors (Lipinski definition) is 3. The number of nitrogens with one attached hydrogen (secondary N) is 1. The van der Waals surface area contributed by atoms with Crippen LogP contribution in [0.25, 0.3) is 0 Å². The third kappa shape index (κ3) is 5.46. The largest absolute Gasteiger partial charge is 0.352 e. The maximum Gasteiger partial charge on any atom is 0.243 e. The molecule has 2 aromatic rings. The molecule has 1 aliphatic carbocycles. The van der Waals surface area contributed by atoms with Crippen molar-refractivity contribution in [3.63, 3.8) is 0 Å². The Morgan fingerprint density at radius 3 is 2.34 bits per heavy atom. The van der Waals surface area contributed by atoms with E-state index in [1.807, 2.05) is 49.4 Å². The van der Waals surface area contributed by atoms with Crippen molar-refractivity contribution >= 4 is 15.9 Å². The molecule has 1 N–H and O–H groups in total. The average molecular weight is 415 g/mol. The van der Waals surface area contributed by atoms with Crippen molar-refractivity contribution in [1.82, 2.24) is 9.62 Å². The van der Waals surface area contributed by atoms with Crippen molar-refractivity contribution in [2.75, 3.05) is 6.54 Å². The molecule has 0 aromatic heterocycles. The van der Waals surface area contributed by atoms with Crippen LogP contribution >= 0.6 is 0 Å². The van der Waals surface area contributed by atoms with Gasteiger partial charge in [-0.15, -0.1) is 0 Å². The molecule has 1 fully saturated rings. The Bertz CT molecular complexity index is 911. The molecular weight excluding hydrogens is 384 g/mol. The third-order valence-electron chi connectivity index (χ3n) is 5.58. The molecule has 0 aliphatic heterocycles. The summed E-state index contributed by atoms with van der Waals surface area (Å²) in [5.74, 6) is -0.113. The first kappa shape index (κ1) is 21.5. The van der Waals surface area contributed by atoms with Crippen LogP contribution in [0.15, 0.2) is 59.5 Å². The van der Waals surface area contributed by atoms with Crippen molar-refractivity contribution < 1.29 is 13.2 Å². The Morgan fingerprint density at radius 1 is 1.03 bits per heavy atom. The first-order valence-corrected chi connectivity index (χ1v) is 11.7. The topological polar surface area (TPSA) is 66.5 Å². The number of sulfonamides is 1. The van der Waals surface area contributed by atoms with Gasteiger partial charge < -0.3 is 5.32 Å². The SMILES string of the molecule is CC(=O)N[C@@H]1CCCC[C@H]1N(CCc1ccccc1)S(=O)(=O)c1ccc(C)cc1. The molecule has 6 heteroatoms. The van der Waals surface area contributed by atoms with Gasteiger partial charge in [0.25, 0.3) is 0 Å². The fraction of sp³-hybridized carbons (Fsp3) is 0.435. The Morgan fingerprint density at radius 2 is 1.69 bits per heavy atom. The van der Waals surface area contributed by atoms with Crippen molar-refractivity contribution in [2.45, 2.75) is 62.9 Å². The molecule has 0 bridgehead atoms. The lowest BCUT2D eigenvalue weighted by atomic mass is 9.90. The van der Waals surface area contributed by atoms with E-state index in [2.05, 4.69) is 5.32 Å². The number of amides is 1. The minimum atomic E-state index is -3.67. The highest BCUT2D eigenvalue weighted by Gasteiger charge is 2.37. The maximum atomic E-state index is 13.6. The summed E-state index contributed by atoms with van der Waals surface area (Å²) in [6.07, 6.45) is 4.15. The number of nitrogens with zero attached hydrogens (tertiary/aromatic N) is 1. The van der Waals surface area contributed by atoms with Crippen LogP contribution in [0.1, 0.15) is 43.7 Å². The summed E-state index contributed by atoms with van der Waals surface area (Å²) < 4.78 is 28.8. The van der Waals surface area contributed by atoms with Crippen LogP contribution in [0.3, 0.4) is 0 Å². The van der Waals surface area contributed by atoms with Gasteiger partial charge in [0, 0.05) is 25.6 Å². The summed E-state index contributed by atoms with van der Waals surface area (Å²) in [4.78, 5) is 12.0. The first-order chi connectivity index (χ1) is 13.9. The van der Waals surface area contributed by atoms with E-state index in [9.17, 15) is 13.2 Å². The zero-order valence-electron chi connectivity index (χ0n) is 17.2. The standard InChI is InChI=1S/C23H30N2O3S/c1-18-12-14-21(15-13-18)29(27,28)25(17-16-20-8-4-3-5-9-20)23-11-7-6-10-22(23)24-19(2)26/h3-5,8-9,12-15,22-23H,6-7,10-11,16-17H2,1-2H3,(H,24,26)/t22-,23-/m1/s1. The molecule has 2 atom stereocenters. The van der Waals surface area contributed by atoms with Crippen LogP contribution in [-0.2, 0) is 21.2 Å². The second-order valence-corrected chi connectivity index (χ2v) is 9.71. The smallest absolute Gasteiger partial charge is 0.243 e. The molecule has 2 aromatic carbocycles. The average Bonchev–Trinajstić information content (AvgIpc) is 2.70. The minimum absolute atomic E-state index is 0.113. The molecule has 5 nitrogen and oxygen atoms in total. The van der Waals surface area contributed by atoms with Gasteiger partial charge in [0.1, 0.15) is 0 Å². The second kappa shape index (κ2) is 9.55. The van der Waals surface area contributed by atoms with Crippen LogP contribution in [0.4, 0.5) is 0 Å². The number of rotatable bonds is 7. The summed E-state index contributed by atoms with van der Waals surface area (Å²) >= 11 is 0. The van der Waals surface area contributed by atoms with Crippen LogP contribution in [0.5, 0.6) is 0 Å². The lowest BCUT2D eigenvalue weighted by molar-refractivity contribution is -0.120. The van der Waals surface area contributed by atoms with Gasteiger partial charge >= 0.3 is 0 Å². The van der Waals surface area contributed by atoms with Crippen molar-refractivity contribution in [3.8, 4) is 0 Å². The highest BCUT2D eigenvalue weighted by molar-refractivity contribution is 7.89. The molecule has 0 spiro atoms. The highest BCUT2D eigenvalue weighted by Crippen LogP contribution is 2.29. The molecule has 0 unspecified atom stereocenters. The summed E-state index contributed by atoms with van der Waals surface area (Å²) in [5, 5.41) is 3.00. The molecule has 156 valence electrons. The van der Waals surface area contributed by atoms with E-state index in [0.717, 1.165) is 36.8 Å². The zero-order valence-corrected chi connectivity index (χ0v) is 18.0. The molecule has 1 saturated carbocycles. The second-order valence-electron chi connectivity index (χ2n) is 7.82. The molecular formula is C23H30N2O3S. The van der Waals surface area contributed by atoms with Gasteiger partial charge in [-0.05, 0) is 43.9 Å². The van der Waals surface area contributed by atoms with E-state index in [0.29, 0.717) is 17.9 Å². The fourth-order valence-corrected chi connectivity index (χ4v) is 5.77. The van der Waals surface area contributed by atoms with Gasteiger partial charge in [0.05, 0.1) is 4.90 Å². The van der Waals surface area contributed by atoms with Gasteiger partial charge in [-0.25, -0.2) is 8.42 Å². The van der Waals surface area contributed by atoms with E-state index in [-0.39, 0.29) is 18.0 Å². The number of hydrogen-bond donors (Lipinski definition) is 1. The van der Waals surface area contributed by atoms with Gasteiger partial charge in [-0.2, -0.15) is 4.31 Å². The zero-order chi connectivity index (χ0) is 20.9. The van der Waals surface area contributed by atoms with E-state index in [1.54, 1.807) is 16.4 Å². The van der Waals surface area contributed by atoms with Crippen LogP contribution < -0.4 is 5.32 Å². The summed E-state index contributed by atoms with van der Waals surface area (Å²) in [6, 6.07) is 16.5. The third-order valence-corrected chi connectivity index (χ3v) is 7.52. The Balaban J connectivity index is 1.93. The van der Waals surface area contributed by atoms with Crippen LogP contribution in [-0.4, -0.2) is 37.3 Å². The Kier molecular flexibility index (Phi) is 7.09. The lowest BCUT2D eigenvalue weighted by Gasteiger charge is -2.39. The van der Waals surface area contributed by atoms with Crippen LogP contribution in [0.2, 0.25) is 0 Å². The molecule has 3 rings (SSSR count). The van der Waals surface area contributed by atoms with E-state index in [4.69, 9.17) is 0 Å². The summed E-state index contributed by atoms with van der Waals surface area (Å²) in [7, 11) is -3.67. The first-order valence-electron chi connectivity index (χ1n) is 10.3. The van der Waals surface area contributed by atoms with Crippen molar-refractivity contribution in [3.05, 3.63) is 65.7 Å². The van der Waals surface area contributed by atoms with E-state index >= 15 is 0 Å². The Labute approximate surface area is 174 Å². The predicted molar refractivity (Wildman–Crippen MR) is 115 cm³/mol. The highest BCUT2D eigenvalue weighted by atomic mass is 32.2. The summed E-state index contributed by atoms with van der Waals surface area (Å²) in [5.41, 5.74) is 2.12. The molecule has 0 saturated heterocycles. The van der Waals surface area contributed by atoms with Gasteiger partial charge in [0.2, 0.25) is 15.9 Å². The van der Waals surface area contributed by atoms with Gasteiger partial charge in [-0.3, -0.25) is 4.79 Å². The fourth-order valence-electron chi connectivity index (χ4n) is 4.08. The number of aryl methyl sites for hydroxylation is 1. The molecule has 0 heterocycles. The minimum Gasteiger partial charge on any atom is -0.352 e. The number of carbonyl (C=O) groups is 1. The Hall–Kier alpha value is -2.18. The molecule has 1 aliphatic rings. The van der Waals surface area contributed by atoms with E-state index < -0.39 is 10.0 Å². The number of benzene rings is 2. The van der Waals surface area contributed by atoms with E-state index in [1.165, 1.54) is 6.92 Å². The predicted octanol–water partition coefficient (Wildman–Crippen LogP) is 3.68. The monoisotopic (exact) mass is 414 g/mol. The lowest BCUT2D eigenvalue weighted by Crippen LogP contribution is -2.55. The van der Waals surface area contributed by atoms with Crippen molar-refractivity contribution in [2.24, 2.45) is 0 Å². The summed E-state index contributed by atoms with van der Waals surface area (Å²) in [6.45, 7) is 3.83. The molecule has 0 radical (unpaired) electrons. The normalized spacial score (nSPS) is 19.8. The quantitative estimate of drug-likeness (QED) is 0.752. The molecule has 29 heavy (non-hydrogen) atoms.